The van der Waals surface area contributed by atoms with Crippen LogP contribution in [0.5, 0.6) is 0 Å². The van der Waals surface area contributed by atoms with E-state index in [1.54, 1.807) is 4.90 Å². The first-order chi connectivity index (χ1) is 11.0. The zero-order chi connectivity index (χ0) is 16.8. The Hall–Kier alpha value is -1.84. The van der Waals surface area contributed by atoms with Gasteiger partial charge >= 0.3 is 0 Å². The molecule has 1 aromatic rings. The van der Waals surface area contributed by atoms with Crippen LogP contribution in [-0.2, 0) is 16.1 Å². The van der Waals surface area contributed by atoms with Gasteiger partial charge in [0.15, 0.2) is 0 Å². The fourth-order valence-electron chi connectivity index (χ4n) is 3.32. The van der Waals surface area contributed by atoms with Crippen LogP contribution in [0.2, 0.25) is 0 Å². The highest BCUT2D eigenvalue weighted by Crippen LogP contribution is 2.20. The van der Waals surface area contributed by atoms with Crippen molar-refractivity contribution in [2.45, 2.75) is 59.0 Å². The van der Waals surface area contributed by atoms with Crippen molar-refractivity contribution in [3.05, 3.63) is 35.4 Å². The fourth-order valence-corrected chi connectivity index (χ4v) is 3.32. The largest absolute Gasteiger partial charge is 0.338 e. The third-order valence-corrected chi connectivity index (χ3v) is 4.65. The van der Waals surface area contributed by atoms with E-state index in [2.05, 4.69) is 13.0 Å². The molecule has 0 spiro atoms. The molecule has 1 aromatic carbocycles. The second-order valence-corrected chi connectivity index (χ2v) is 6.51. The van der Waals surface area contributed by atoms with Crippen LogP contribution in [0.1, 0.15) is 50.7 Å². The molecule has 4 nitrogen and oxygen atoms in total. The smallest absolute Gasteiger partial charge is 0.242 e. The van der Waals surface area contributed by atoms with Crippen LogP contribution in [0.4, 0.5) is 0 Å². The normalized spacial score (nSPS) is 17.9. The number of carbonyl (C=O) groups excluding carboxylic acids is 2. The lowest BCUT2D eigenvalue weighted by molar-refractivity contribution is -0.142. The lowest BCUT2D eigenvalue weighted by Crippen LogP contribution is -2.48. The molecule has 0 aromatic heterocycles. The summed E-state index contributed by atoms with van der Waals surface area (Å²) in [4.78, 5) is 28.3. The average molecular weight is 316 g/mol. The molecule has 0 bridgehead atoms. The van der Waals surface area contributed by atoms with Crippen molar-refractivity contribution in [3.8, 4) is 0 Å². The van der Waals surface area contributed by atoms with E-state index in [-0.39, 0.29) is 18.4 Å². The lowest BCUT2D eigenvalue weighted by atomic mass is 10.00. The summed E-state index contributed by atoms with van der Waals surface area (Å²) in [5, 5.41) is 0. The van der Waals surface area contributed by atoms with E-state index in [9.17, 15) is 9.59 Å². The first-order valence-corrected chi connectivity index (χ1v) is 8.61. The maximum atomic E-state index is 12.7. The van der Waals surface area contributed by atoms with Crippen molar-refractivity contribution >= 4 is 11.8 Å². The molecule has 1 aliphatic rings. The van der Waals surface area contributed by atoms with Gasteiger partial charge in [-0.25, -0.2) is 0 Å². The monoisotopic (exact) mass is 316 g/mol. The zero-order valence-electron chi connectivity index (χ0n) is 14.5. The summed E-state index contributed by atoms with van der Waals surface area (Å²) in [5.74, 6) is 0.0318. The molecule has 2 rings (SSSR count). The number of likely N-dealkylation sites (tertiary alicyclic amines) is 1. The Kier molecular flexibility index (Phi) is 6.20. The molecule has 2 amide bonds. The van der Waals surface area contributed by atoms with E-state index >= 15 is 0 Å². The molecule has 0 radical (unpaired) electrons. The molecule has 0 N–H and O–H groups in total. The summed E-state index contributed by atoms with van der Waals surface area (Å²) < 4.78 is 0. The van der Waals surface area contributed by atoms with Gasteiger partial charge in [0, 0.05) is 26.1 Å². The van der Waals surface area contributed by atoms with Crippen molar-refractivity contribution in [3.63, 3.8) is 0 Å². The average Bonchev–Trinajstić information content (AvgIpc) is 2.54. The molecule has 4 heteroatoms. The standard InChI is InChI=1S/C19H28N2O2/c1-4-18-10-5-6-11-21(18)19(23)14-20(16(3)22)13-17-9-7-8-15(2)12-17/h7-9,12,18H,4-6,10-11,13-14H2,1-3H3. The van der Waals surface area contributed by atoms with Crippen LogP contribution in [0.15, 0.2) is 24.3 Å². The van der Waals surface area contributed by atoms with Crippen LogP contribution in [0, 0.1) is 6.92 Å². The van der Waals surface area contributed by atoms with Gasteiger partial charge in [0.05, 0.1) is 0 Å². The number of nitrogens with zero attached hydrogens (tertiary/aromatic N) is 2. The molecule has 0 saturated carbocycles. The van der Waals surface area contributed by atoms with Gasteiger partial charge in [-0.15, -0.1) is 0 Å². The van der Waals surface area contributed by atoms with Gasteiger partial charge in [-0.05, 0) is 38.2 Å². The number of carbonyl (C=O) groups is 2. The van der Waals surface area contributed by atoms with Gasteiger partial charge in [0.2, 0.25) is 11.8 Å². The summed E-state index contributed by atoms with van der Waals surface area (Å²) in [6, 6.07) is 8.43. The van der Waals surface area contributed by atoms with Crippen molar-refractivity contribution < 1.29 is 9.59 Å². The van der Waals surface area contributed by atoms with Gasteiger partial charge in [0.25, 0.3) is 0 Å². The van der Waals surface area contributed by atoms with Crippen molar-refractivity contribution in [1.29, 1.82) is 0 Å². The minimum Gasteiger partial charge on any atom is -0.338 e. The number of hydrogen-bond donors (Lipinski definition) is 0. The highest BCUT2D eigenvalue weighted by atomic mass is 16.2. The molecule has 126 valence electrons. The van der Waals surface area contributed by atoms with E-state index < -0.39 is 0 Å². The number of benzene rings is 1. The number of hydrogen-bond acceptors (Lipinski definition) is 2. The van der Waals surface area contributed by atoms with Crippen LogP contribution in [0.3, 0.4) is 0 Å². The van der Waals surface area contributed by atoms with Crippen LogP contribution >= 0.6 is 0 Å². The summed E-state index contributed by atoms with van der Waals surface area (Å²) in [6.45, 7) is 7.20. The second kappa shape index (κ2) is 8.14. The van der Waals surface area contributed by atoms with Gasteiger partial charge in [-0.2, -0.15) is 0 Å². The Balaban J connectivity index is 2.03. The predicted octanol–water partition coefficient (Wildman–Crippen LogP) is 3.13. The van der Waals surface area contributed by atoms with Crippen molar-refractivity contribution in [2.75, 3.05) is 13.1 Å². The molecule has 23 heavy (non-hydrogen) atoms. The second-order valence-electron chi connectivity index (χ2n) is 6.51. The minimum atomic E-state index is -0.0510. The van der Waals surface area contributed by atoms with Gasteiger partial charge in [0.1, 0.15) is 6.54 Å². The Morgan fingerprint density at radius 1 is 1.30 bits per heavy atom. The zero-order valence-corrected chi connectivity index (χ0v) is 14.5. The van der Waals surface area contributed by atoms with Crippen LogP contribution in [-0.4, -0.2) is 40.7 Å². The Labute approximate surface area is 139 Å². The summed E-state index contributed by atoms with van der Waals surface area (Å²) in [5.41, 5.74) is 2.23. The van der Waals surface area contributed by atoms with Gasteiger partial charge < -0.3 is 9.80 Å². The quantitative estimate of drug-likeness (QED) is 0.837. The lowest BCUT2D eigenvalue weighted by Gasteiger charge is -2.36. The molecule has 1 saturated heterocycles. The summed E-state index contributed by atoms with van der Waals surface area (Å²) in [7, 11) is 0. The SMILES string of the molecule is CCC1CCCCN1C(=O)CN(Cc1cccc(C)c1)C(C)=O. The molecule has 1 unspecified atom stereocenters. The molecule has 0 aliphatic carbocycles. The van der Waals surface area contributed by atoms with E-state index in [0.29, 0.717) is 12.6 Å². The van der Waals surface area contributed by atoms with Gasteiger partial charge in [-0.1, -0.05) is 36.8 Å². The van der Waals surface area contributed by atoms with E-state index in [4.69, 9.17) is 0 Å². The molecule has 1 heterocycles. The van der Waals surface area contributed by atoms with E-state index in [1.807, 2.05) is 30.0 Å². The van der Waals surface area contributed by atoms with Crippen LogP contribution < -0.4 is 0 Å². The maximum Gasteiger partial charge on any atom is 0.242 e. The minimum absolute atomic E-state index is 0.0510. The molecular formula is C19H28N2O2. The first kappa shape index (κ1) is 17.5. The van der Waals surface area contributed by atoms with Crippen molar-refractivity contribution in [2.24, 2.45) is 0 Å². The Bertz CT molecular complexity index is 556. The Morgan fingerprint density at radius 2 is 2.09 bits per heavy atom. The molecule has 1 atom stereocenters. The predicted molar refractivity (Wildman–Crippen MR) is 91.9 cm³/mol. The summed E-state index contributed by atoms with van der Waals surface area (Å²) >= 11 is 0. The number of aryl methyl sites for hydroxylation is 1. The third-order valence-electron chi connectivity index (χ3n) is 4.65. The molecular weight excluding hydrogens is 288 g/mol. The number of rotatable bonds is 5. The van der Waals surface area contributed by atoms with Crippen molar-refractivity contribution in [1.82, 2.24) is 9.80 Å². The topological polar surface area (TPSA) is 40.6 Å². The first-order valence-electron chi connectivity index (χ1n) is 8.61. The van der Waals surface area contributed by atoms with Gasteiger partial charge in [-0.3, -0.25) is 9.59 Å². The molecule has 1 aliphatic heterocycles. The highest BCUT2D eigenvalue weighted by molar-refractivity contribution is 5.84. The summed E-state index contributed by atoms with van der Waals surface area (Å²) in [6.07, 6.45) is 4.34. The Morgan fingerprint density at radius 3 is 2.74 bits per heavy atom. The van der Waals surface area contributed by atoms with E-state index in [0.717, 1.165) is 31.4 Å². The fraction of sp³-hybridized carbons (Fsp3) is 0.579. The highest BCUT2D eigenvalue weighted by Gasteiger charge is 2.27. The van der Waals surface area contributed by atoms with Crippen LogP contribution in [0.25, 0.3) is 0 Å². The maximum absolute atomic E-state index is 12.7. The third kappa shape index (κ3) is 4.81. The number of amides is 2. The molecule has 1 fully saturated rings. The number of piperidine rings is 1. The van der Waals surface area contributed by atoms with E-state index in [1.165, 1.54) is 18.9 Å².